The van der Waals surface area contributed by atoms with Gasteiger partial charge in [-0.2, -0.15) is 0 Å². The standard InChI is InChI=1S/C16H22N2O2/c1-10(2)20-12-7-4-6-11-14(12)18-15(19)16(3)9-5-8-13(16)17-11/h4,6-7,10,13,17H,5,8-9H2,1-3H3,(H,18,19). The molecule has 2 atom stereocenters. The Kier molecular flexibility index (Phi) is 3.11. The van der Waals surface area contributed by atoms with Gasteiger partial charge in [0, 0.05) is 6.04 Å². The van der Waals surface area contributed by atoms with Crippen molar-refractivity contribution in [1.29, 1.82) is 0 Å². The van der Waals surface area contributed by atoms with Gasteiger partial charge < -0.3 is 15.4 Å². The van der Waals surface area contributed by atoms with Gasteiger partial charge in [0.05, 0.1) is 17.2 Å². The van der Waals surface area contributed by atoms with Gasteiger partial charge in [0.1, 0.15) is 11.4 Å². The van der Waals surface area contributed by atoms with E-state index in [1.807, 2.05) is 32.0 Å². The van der Waals surface area contributed by atoms with Crippen LogP contribution in [0.1, 0.15) is 40.0 Å². The number of nitrogens with one attached hydrogen (secondary N) is 2. The van der Waals surface area contributed by atoms with Crippen molar-refractivity contribution in [3.05, 3.63) is 18.2 Å². The number of hydrogen-bond acceptors (Lipinski definition) is 3. The number of carbonyl (C=O) groups excluding carboxylic acids is 1. The minimum Gasteiger partial charge on any atom is -0.489 e. The van der Waals surface area contributed by atoms with E-state index in [2.05, 4.69) is 17.6 Å². The van der Waals surface area contributed by atoms with Crippen molar-refractivity contribution in [3.8, 4) is 5.75 Å². The summed E-state index contributed by atoms with van der Waals surface area (Å²) in [5.41, 5.74) is 1.42. The maximum absolute atomic E-state index is 12.6. The largest absolute Gasteiger partial charge is 0.489 e. The van der Waals surface area contributed by atoms with E-state index in [1.54, 1.807) is 0 Å². The van der Waals surface area contributed by atoms with Crippen LogP contribution >= 0.6 is 0 Å². The normalized spacial score (nSPS) is 28.2. The van der Waals surface area contributed by atoms with E-state index in [0.29, 0.717) is 0 Å². The Labute approximate surface area is 119 Å². The Morgan fingerprint density at radius 2 is 2.20 bits per heavy atom. The highest BCUT2D eigenvalue weighted by molar-refractivity contribution is 6.02. The average molecular weight is 274 g/mol. The molecule has 108 valence electrons. The fourth-order valence-corrected chi connectivity index (χ4v) is 3.25. The molecule has 1 amide bonds. The highest BCUT2D eigenvalue weighted by atomic mass is 16.5. The molecule has 2 N–H and O–H groups in total. The summed E-state index contributed by atoms with van der Waals surface area (Å²) < 4.78 is 5.82. The molecule has 4 nitrogen and oxygen atoms in total. The number of rotatable bonds is 2. The third-order valence-corrected chi connectivity index (χ3v) is 4.43. The second-order valence-corrected chi connectivity index (χ2v) is 6.31. The Hall–Kier alpha value is -1.71. The second-order valence-electron chi connectivity index (χ2n) is 6.31. The lowest BCUT2D eigenvalue weighted by Gasteiger charge is -2.27. The number of amides is 1. The van der Waals surface area contributed by atoms with Crippen molar-refractivity contribution < 1.29 is 9.53 Å². The summed E-state index contributed by atoms with van der Waals surface area (Å²) in [6.45, 7) is 6.03. The minimum atomic E-state index is -0.325. The Morgan fingerprint density at radius 1 is 1.40 bits per heavy atom. The molecule has 1 aliphatic carbocycles. The predicted molar refractivity (Wildman–Crippen MR) is 80.2 cm³/mol. The lowest BCUT2D eigenvalue weighted by Crippen LogP contribution is -2.41. The van der Waals surface area contributed by atoms with Crippen LogP contribution in [0.5, 0.6) is 5.75 Å². The SMILES string of the molecule is CC(C)Oc1cccc2c1NC(=O)C1(C)CCCC1N2. The van der Waals surface area contributed by atoms with Gasteiger partial charge in [-0.15, -0.1) is 0 Å². The van der Waals surface area contributed by atoms with Crippen molar-refractivity contribution in [1.82, 2.24) is 0 Å². The summed E-state index contributed by atoms with van der Waals surface area (Å²) in [7, 11) is 0. The van der Waals surface area contributed by atoms with Crippen LogP contribution in [0.15, 0.2) is 18.2 Å². The third kappa shape index (κ3) is 2.03. The molecule has 2 aliphatic rings. The molecule has 1 saturated carbocycles. The van der Waals surface area contributed by atoms with Gasteiger partial charge in [-0.05, 0) is 45.7 Å². The monoisotopic (exact) mass is 274 g/mol. The van der Waals surface area contributed by atoms with Gasteiger partial charge in [0.2, 0.25) is 5.91 Å². The summed E-state index contributed by atoms with van der Waals surface area (Å²) in [4.78, 5) is 12.6. The molecule has 3 rings (SSSR count). The second kappa shape index (κ2) is 4.69. The number of para-hydroxylation sites is 1. The number of benzene rings is 1. The fraction of sp³-hybridized carbons (Fsp3) is 0.562. The van der Waals surface area contributed by atoms with Crippen LogP contribution in [-0.4, -0.2) is 18.1 Å². The lowest BCUT2D eigenvalue weighted by molar-refractivity contribution is -0.124. The Balaban J connectivity index is 2.01. The highest BCUT2D eigenvalue weighted by Gasteiger charge is 2.47. The zero-order valence-electron chi connectivity index (χ0n) is 12.3. The smallest absolute Gasteiger partial charge is 0.232 e. The quantitative estimate of drug-likeness (QED) is 0.869. The number of hydrogen-bond donors (Lipinski definition) is 2. The minimum absolute atomic E-state index is 0.0803. The van der Waals surface area contributed by atoms with Crippen LogP contribution in [-0.2, 0) is 4.79 Å². The van der Waals surface area contributed by atoms with Crippen molar-refractivity contribution >= 4 is 17.3 Å². The molecular formula is C16H22N2O2. The molecule has 1 heterocycles. The average Bonchev–Trinajstić information content (AvgIpc) is 2.71. The molecule has 1 aliphatic heterocycles. The van der Waals surface area contributed by atoms with E-state index in [9.17, 15) is 4.79 Å². The molecule has 4 heteroatoms. The summed E-state index contributed by atoms with van der Waals surface area (Å²) >= 11 is 0. The van der Waals surface area contributed by atoms with Gasteiger partial charge >= 0.3 is 0 Å². The first-order valence-electron chi connectivity index (χ1n) is 7.38. The maximum atomic E-state index is 12.6. The van der Waals surface area contributed by atoms with E-state index in [0.717, 1.165) is 36.4 Å². The van der Waals surface area contributed by atoms with Gasteiger partial charge in [-0.1, -0.05) is 12.5 Å². The maximum Gasteiger partial charge on any atom is 0.232 e. The molecule has 0 radical (unpaired) electrons. The first kappa shape index (κ1) is 13.3. The number of anilines is 2. The molecule has 0 saturated heterocycles. The molecule has 0 spiro atoms. The summed E-state index contributed by atoms with van der Waals surface area (Å²) in [5, 5.41) is 6.62. The number of fused-ring (bicyclic) bond motifs is 2. The molecule has 1 fully saturated rings. The van der Waals surface area contributed by atoms with Gasteiger partial charge in [0.25, 0.3) is 0 Å². The zero-order valence-corrected chi connectivity index (χ0v) is 12.3. The molecule has 20 heavy (non-hydrogen) atoms. The van der Waals surface area contributed by atoms with Crippen LogP contribution < -0.4 is 15.4 Å². The topological polar surface area (TPSA) is 50.4 Å². The number of carbonyl (C=O) groups is 1. The zero-order chi connectivity index (χ0) is 14.3. The summed E-state index contributed by atoms with van der Waals surface area (Å²) in [6.07, 6.45) is 3.15. The van der Waals surface area contributed by atoms with Crippen molar-refractivity contribution in [3.63, 3.8) is 0 Å². The molecule has 1 aromatic rings. The summed E-state index contributed by atoms with van der Waals surface area (Å²) in [5.74, 6) is 0.841. The summed E-state index contributed by atoms with van der Waals surface area (Å²) in [6, 6.07) is 6.09. The van der Waals surface area contributed by atoms with Gasteiger partial charge in [-0.25, -0.2) is 0 Å². The number of ether oxygens (including phenoxy) is 1. The first-order chi connectivity index (χ1) is 9.50. The molecule has 2 unspecified atom stereocenters. The van der Waals surface area contributed by atoms with Crippen molar-refractivity contribution in [2.45, 2.75) is 52.2 Å². The molecule has 0 bridgehead atoms. The van der Waals surface area contributed by atoms with E-state index in [4.69, 9.17) is 4.74 Å². The first-order valence-corrected chi connectivity index (χ1v) is 7.38. The van der Waals surface area contributed by atoms with E-state index < -0.39 is 0 Å². The van der Waals surface area contributed by atoms with Crippen molar-refractivity contribution in [2.24, 2.45) is 5.41 Å². The molecule has 1 aromatic carbocycles. The van der Waals surface area contributed by atoms with Crippen LogP contribution in [0.4, 0.5) is 11.4 Å². The Bertz CT molecular complexity index is 541. The molecular weight excluding hydrogens is 252 g/mol. The van der Waals surface area contributed by atoms with E-state index in [1.165, 1.54) is 0 Å². The molecule has 0 aromatic heterocycles. The van der Waals surface area contributed by atoms with Crippen LogP contribution in [0.25, 0.3) is 0 Å². The van der Waals surface area contributed by atoms with Crippen molar-refractivity contribution in [2.75, 3.05) is 10.6 Å². The van der Waals surface area contributed by atoms with E-state index in [-0.39, 0.29) is 23.5 Å². The van der Waals surface area contributed by atoms with Crippen LogP contribution in [0.3, 0.4) is 0 Å². The predicted octanol–water partition coefficient (Wildman–Crippen LogP) is 3.40. The van der Waals surface area contributed by atoms with Gasteiger partial charge in [0.15, 0.2) is 0 Å². The Morgan fingerprint density at radius 3 is 2.95 bits per heavy atom. The van der Waals surface area contributed by atoms with Crippen LogP contribution in [0.2, 0.25) is 0 Å². The highest BCUT2D eigenvalue weighted by Crippen LogP contribution is 2.46. The third-order valence-electron chi connectivity index (χ3n) is 4.43. The van der Waals surface area contributed by atoms with Gasteiger partial charge in [-0.3, -0.25) is 4.79 Å². The van der Waals surface area contributed by atoms with Crippen LogP contribution in [0, 0.1) is 5.41 Å². The fourth-order valence-electron chi connectivity index (χ4n) is 3.25. The van der Waals surface area contributed by atoms with E-state index >= 15 is 0 Å². The lowest BCUT2D eigenvalue weighted by atomic mass is 9.84.